The van der Waals surface area contributed by atoms with Gasteiger partial charge in [0.05, 0.1) is 28.9 Å². The summed E-state index contributed by atoms with van der Waals surface area (Å²) in [4.78, 5) is 49.3. The average molecular weight is 825 g/mol. The van der Waals surface area contributed by atoms with Crippen molar-refractivity contribution in [3.63, 3.8) is 0 Å². The SMILES string of the molecule is [C-]#[N+]C([N+]#[C-])=C1SC(=Nc2cc3c(s2)-c2sc4c5c(sc4c2OC3(C)C)-c2sc(N=C3SC(=C(C#N)C#N)N(CC)C3=O)cc2C(C)(C)O5)C(=O)N1CC. The molecular weight excluding hydrogens is 801 g/mol. The van der Waals surface area contributed by atoms with Gasteiger partial charge in [-0.15, -0.1) is 45.3 Å². The number of allylic oxidation sites excluding steroid dienone is 1. The Morgan fingerprint density at radius 2 is 1.17 bits per heavy atom. The number of nitrogens with zero attached hydrogens (tertiary/aromatic N) is 8. The number of carbonyl (C=O) groups excluding carboxylic acids is 2. The van der Waals surface area contributed by atoms with Crippen LogP contribution in [0.1, 0.15) is 52.7 Å². The standard InChI is InChI=1S/C36H24N8O4S6/c1-9-43-31(45)29(53-33(43)15(13-37)14-38)41-18-11-16-22(49-18)24-20(47-35(16,3)4)26-27(51-24)21-25(52-26)23-17(36(5,6)48-21)12-19(50-23)42-30-32(46)44(10-2)34(54-30)28(39-7)40-8/h11-12H,9-10H2,1-6H3. The summed E-state index contributed by atoms with van der Waals surface area (Å²) < 4.78 is 15.4. The molecule has 8 heterocycles. The van der Waals surface area contributed by atoms with Gasteiger partial charge in [0, 0.05) is 24.2 Å². The Bertz CT molecular complexity index is 2490. The summed E-state index contributed by atoms with van der Waals surface area (Å²) in [6, 6.07) is 7.66. The summed E-state index contributed by atoms with van der Waals surface area (Å²) >= 11 is 8.20. The molecule has 0 saturated carbocycles. The monoisotopic (exact) mass is 824 g/mol. The first-order valence-corrected chi connectivity index (χ1v) is 21.2. The van der Waals surface area contributed by atoms with Gasteiger partial charge in [-0.05, 0) is 65.4 Å². The van der Waals surface area contributed by atoms with Gasteiger partial charge in [0.25, 0.3) is 11.8 Å². The summed E-state index contributed by atoms with van der Waals surface area (Å²) in [7, 11) is 0. The maximum Gasteiger partial charge on any atom is 0.550 e. The highest BCUT2D eigenvalue weighted by Gasteiger charge is 2.44. The van der Waals surface area contributed by atoms with Gasteiger partial charge in [-0.2, -0.15) is 20.2 Å². The molecule has 2 fully saturated rings. The molecule has 12 nitrogen and oxygen atoms in total. The van der Waals surface area contributed by atoms with E-state index in [1.54, 1.807) is 36.5 Å². The lowest BCUT2D eigenvalue weighted by Gasteiger charge is -2.31. The molecule has 0 spiro atoms. The number of fused-ring (bicyclic) bond motifs is 9. The van der Waals surface area contributed by atoms with E-state index in [1.165, 1.54) is 32.5 Å². The van der Waals surface area contributed by atoms with Crippen LogP contribution in [0.5, 0.6) is 11.5 Å². The van der Waals surface area contributed by atoms with Crippen LogP contribution in [0.15, 0.2) is 43.6 Å². The molecule has 0 radical (unpaired) electrons. The van der Waals surface area contributed by atoms with Crippen LogP contribution >= 0.6 is 68.9 Å². The lowest BCUT2D eigenvalue weighted by molar-refractivity contribution is -0.121. The molecule has 0 aliphatic carbocycles. The van der Waals surface area contributed by atoms with E-state index in [1.807, 2.05) is 52.0 Å². The Hall–Kier alpha value is -4.92. The highest BCUT2D eigenvalue weighted by molar-refractivity contribution is 8.20. The largest absolute Gasteiger partial charge is 0.550 e. The fraction of sp³-hybridized carbons (Fsp3) is 0.278. The first kappa shape index (κ1) is 36.1. The Kier molecular flexibility index (Phi) is 8.58. The summed E-state index contributed by atoms with van der Waals surface area (Å²) in [5, 5.41) is 21.2. The van der Waals surface area contributed by atoms with Crippen LogP contribution in [0.2, 0.25) is 0 Å². The minimum atomic E-state index is -0.721. The van der Waals surface area contributed by atoms with Crippen molar-refractivity contribution < 1.29 is 19.1 Å². The van der Waals surface area contributed by atoms with Crippen LogP contribution < -0.4 is 9.47 Å². The highest BCUT2D eigenvalue weighted by Crippen LogP contribution is 2.65. The number of carbonyl (C=O) groups is 2. The minimum Gasteiger partial charge on any atom is -0.480 e. The molecule has 54 heavy (non-hydrogen) atoms. The second-order valence-electron chi connectivity index (χ2n) is 13.0. The smallest absolute Gasteiger partial charge is 0.480 e. The normalized spacial score (nSPS) is 19.1. The number of hydrogen-bond donors (Lipinski definition) is 0. The lowest BCUT2D eigenvalue weighted by Crippen LogP contribution is -2.27. The van der Waals surface area contributed by atoms with Gasteiger partial charge in [0.15, 0.2) is 32.2 Å². The predicted molar refractivity (Wildman–Crippen MR) is 216 cm³/mol. The van der Waals surface area contributed by atoms with E-state index in [4.69, 9.17) is 32.6 Å². The van der Waals surface area contributed by atoms with Crippen LogP contribution in [-0.4, -0.2) is 44.8 Å². The minimum absolute atomic E-state index is 0.122. The molecule has 4 aliphatic heterocycles. The zero-order valence-electron chi connectivity index (χ0n) is 29.2. The van der Waals surface area contributed by atoms with Gasteiger partial charge in [0.1, 0.15) is 51.5 Å². The Morgan fingerprint density at radius 1 is 0.741 bits per heavy atom. The molecule has 4 aromatic heterocycles. The van der Waals surface area contributed by atoms with Gasteiger partial charge >= 0.3 is 5.82 Å². The summed E-state index contributed by atoms with van der Waals surface area (Å²) in [6.07, 6.45) is 0. The molecule has 0 atom stereocenters. The van der Waals surface area contributed by atoms with Crippen molar-refractivity contribution in [2.75, 3.05) is 13.1 Å². The van der Waals surface area contributed by atoms with Crippen LogP contribution in [0.25, 0.3) is 38.6 Å². The van der Waals surface area contributed by atoms with Crippen molar-refractivity contribution >= 4 is 110 Å². The van der Waals surface area contributed by atoms with Crippen LogP contribution in [0.4, 0.5) is 10.0 Å². The molecule has 0 aromatic carbocycles. The van der Waals surface area contributed by atoms with Gasteiger partial charge in [-0.25, -0.2) is 9.98 Å². The van der Waals surface area contributed by atoms with Gasteiger partial charge < -0.3 is 14.4 Å². The summed E-state index contributed by atoms with van der Waals surface area (Å²) in [6.45, 7) is 27.0. The zero-order chi connectivity index (χ0) is 38.4. The first-order valence-electron chi connectivity index (χ1n) is 16.3. The number of thioether (sulfide) groups is 2. The maximum absolute atomic E-state index is 13.3. The number of rotatable bonds is 4. The molecule has 18 heteroatoms. The zero-order valence-corrected chi connectivity index (χ0v) is 34.1. The first-order chi connectivity index (χ1) is 25.8. The van der Waals surface area contributed by atoms with E-state index in [9.17, 15) is 20.1 Å². The molecule has 0 bridgehead atoms. The Labute approximate surface area is 334 Å². The van der Waals surface area contributed by atoms with E-state index >= 15 is 0 Å². The molecule has 2 saturated heterocycles. The third-order valence-electron chi connectivity index (χ3n) is 8.93. The second kappa shape index (κ2) is 12.8. The Morgan fingerprint density at radius 3 is 1.57 bits per heavy atom. The van der Waals surface area contributed by atoms with Gasteiger partial charge in [-0.1, -0.05) is 11.8 Å². The van der Waals surface area contributed by atoms with Crippen molar-refractivity contribution in [2.45, 2.75) is 52.7 Å². The molecular formula is C36H24N8O4S6. The topological polar surface area (TPSA) is 140 Å². The number of nitriles is 2. The van der Waals surface area contributed by atoms with Crippen molar-refractivity contribution in [3.05, 3.63) is 67.5 Å². The number of aliphatic imine (C=N–C) groups is 2. The molecule has 0 N–H and O–H groups in total. The fourth-order valence-corrected chi connectivity index (χ4v) is 13.8. The molecule has 0 unspecified atom stereocenters. The molecule has 8 rings (SSSR count). The number of ether oxygens (including phenoxy) is 2. The number of thiophene rings is 4. The highest BCUT2D eigenvalue weighted by atomic mass is 32.2. The summed E-state index contributed by atoms with van der Waals surface area (Å²) in [5.41, 5.74) is 0.331. The van der Waals surface area contributed by atoms with E-state index in [0.29, 0.717) is 33.1 Å². The molecule has 268 valence electrons. The van der Waals surface area contributed by atoms with Crippen molar-refractivity contribution in [2.24, 2.45) is 9.98 Å². The van der Waals surface area contributed by atoms with Crippen LogP contribution in [0.3, 0.4) is 0 Å². The second-order valence-corrected chi connectivity index (χ2v) is 19.0. The van der Waals surface area contributed by atoms with E-state index in [2.05, 4.69) is 9.69 Å². The third kappa shape index (κ3) is 5.32. The number of hydrogen-bond acceptors (Lipinski definition) is 14. The lowest BCUT2D eigenvalue weighted by atomic mass is 9.95. The van der Waals surface area contributed by atoms with Gasteiger partial charge in [-0.3, -0.25) is 14.5 Å². The van der Waals surface area contributed by atoms with Crippen LogP contribution in [0, 0.1) is 35.8 Å². The van der Waals surface area contributed by atoms with Crippen LogP contribution in [-0.2, 0) is 20.8 Å². The maximum atomic E-state index is 13.3. The quantitative estimate of drug-likeness (QED) is 0.146. The summed E-state index contributed by atoms with van der Waals surface area (Å²) in [5.74, 6) is 0.692. The van der Waals surface area contributed by atoms with Gasteiger partial charge in [0.2, 0.25) is 0 Å². The Balaban J connectivity index is 1.19. The van der Waals surface area contributed by atoms with Crippen molar-refractivity contribution in [1.29, 1.82) is 10.5 Å². The third-order valence-corrected chi connectivity index (χ3v) is 15.9. The molecule has 2 amide bonds. The van der Waals surface area contributed by atoms with E-state index < -0.39 is 11.2 Å². The predicted octanol–water partition coefficient (Wildman–Crippen LogP) is 10.1. The number of amides is 2. The molecule has 4 aromatic rings. The van der Waals surface area contributed by atoms with E-state index in [-0.39, 0.29) is 33.3 Å². The molecule has 4 aliphatic rings. The van der Waals surface area contributed by atoms with Crippen molar-refractivity contribution in [1.82, 2.24) is 9.80 Å². The fourth-order valence-electron chi connectivity index (χ4n) is 6.40. The average Bonchev–Trinajstić information content (AvgIpc) is 3.98. The van der Waals surface area contributed by atoms with E-state index in [0.717, 1.165) is 75.1 Å². The van der Waals surface area contributed by atoms with Crippen molar-refractivity contribution in [3.8, 4) is 43.1 Å².